The monoisotopic (exact) mass is 292 g/mol. The van der Waals surface area contributed by atoms with Crippen molar-refractivity contribution in [3.8, 4) is 0 Å². The normalized spacial score (nSPS) is 10.4. The second-order valence-corrected chi connectivity index (χ2v) is 4.88. The fraction of sp³-hybridized carbons (Fsp3) is 0.0556. The maximum Gasteiger partial charge on any atom is 0.363 e. The second kappa shape index (κ2) is 6.28. The average molecular weight is 292 g/mol. The van der Waals surface area contributed by atoms with Gasteiger partial charge in [0, 0.05) is 6.54 Å². The van der Waals surface area contributed by atoms with E-state index in [1.807, 2.05) is 60.7 Å². The zero-order chi connectivity index (χ0) is 15.4. The van der Waals surface area contributed by atoms with Crippen LogP contribution in [0.2, 0.25) is 0 Å². The lowest BCUT2D eigenvalue weighted by molar-refractivity contribution is 0.0598. The van der Waals surface area contributed by atoms with Gasteiger partial charge in [-0.05, 0) is 28.5 Å². The molecule has 4 nitrogen and oxygen atoms in total. The Hall–Kier alpha value is -2.85. The number of hydrogen-bond acceptors (Lipinski definition) is 4. The van der Waals surface area contributed by atoms with Crippen molar-refractivity contribution in [3.05, 3.63) is 77.9 Å². The molecule has 0 heterocycles. The molecule has 0 radical (unpaired) electrons. The van der Waals surface area contributed by atoms with Crippen LogP contribution in [0.5, 0.6) is 0 Å². The van der Waals surface area contributed by atoms with Crippen molar-refractivity contribution < 1.29 is 9.63 Å². The van der Waals surface area contributed by atoms with Gasteiger partial charge in [0.1, 0.15) is 0 Å². The highest BCUT2D eigenvalue weighted by Gasteiger charge is 2.12. The van der Waals surface area contributed by atoms with Crippen LogP contribution < -0.4 is 11.2 Å². The van der Waals surface area contributed by atoms with Gasteiger partial charge in [-0.1, -0.05) is 54.6 Å². The lowest BCUT2D eigenvalue weighted by Crippen LogP contribution is -2.13. The molecule has 0 spiro atoms. The number of hydrogen-bond donors (Lipinski definition) is 2. The number of carbonyl (C=O) groups is 1. The molecule has 110 valence electrons. The highest BCUT2D eigenvalue weighted by molar-refractivity contribution is 6.04. The molecule has 0 aliphatic heterocycles. The molecule has 0 atom stereocenters. The van der Waals surface area contributed by atoms with Crippen LogP contribution in [0.15, 0.2) is 66.7 Å². The van der Waals surface area contributed by atoms with Crippen LogP contribution in [-0.2, 0) is 11.4 Å². The molecule has 0 saturated carbocycles. The minimum Gasteiger partial charge on any atom is -0.338 e. The molecule has 0 amide bonds. The number of fused-ring (bicyclic) bond motifs is 1. The maximum atomic E-state index is 12.3. The van der Waals surface area contributed by atoms with Gasteiger partial charge in [0.15, 0.2) is 0 Å². The van der Waals surface area contributed by atoms with Gasteiger partial charge in [0.25, 0.3) is 0 Å². The molecule has 3 rings (SSSR count). The van der Waals surface area contributed by atoms with Crippen molar-refractivity contribution in [2.24, 2.45) is 5.73 Å². The zero-order valence-electron chi connectivity index (χ0n) is 12.0. The van der Waals surface area contributed by atoms with Crippen LogP contribution >= 0.6 is 0 Å². The third-order valence-electron chi connectivity index (χ3n) is 3.50. The molecular weight excluding hydrogens is 276 g/mol. The number of anilines is 1. The van der Waals surface area contributed by atoms with Gasteiger partial charge in [-0.25, -0.2) is 10.3 Å². The van der Waals surface area contributed by atoms with Gasteiger partial charge in [0.05, 0.1) is 11.3 Å². The Morgan fingerprint density at radius 2 is 1.68 bits per heavy atom. The van der Waals surface area contributed by atoms with Crippen molar-refractivity contribution >= 4 is 22.4 Å². The Morgan fingerprint density at radius 3 is 2.55 bits per heavy atom. The van der Waals surface area contributed by atoms with E-state index in [4.69, 9.17) is 10.6 Å². The van der Waals surface area contributed by atoms with Crippen LogP contribution in [0.1, 0.15) is 15.9 Å². The quantitative estimate of drug-likeness (QED) is 0.723. The summed E-state index contributed by atoms with van der Waals surface area (Å²) in [5, 5.41) is 1.86. The highest BCUT2D eigenvalue weighted by Crippen LogP contribution is 2.20. The Balaban J connectivity index is 1.82. The lowest BCUT2D eigenvalue weighted by atomic mass is 10.1. The Morgan fingerprint density at radius 1 is 0.955 bits per heavy atom. The summed E-state index contributed by atoms with van der Waals surface area (Å²) in [4.78, 5) is 17.5. The van der Waals surface area contributed by atoms with E-state index >= 15 is 0 Å². The molecule has 3 aromatic carbocycles. The first-order valence-corrected chi connectivity index (χ1v) is 7.02. The van der Waals surface area contributed by atoms with E-state index < -0.39 is 5.97 Å². The molecule has 4 heteroatoms. The first-order valence-electron chi connectivity index (χ1n) is 7.02. The van der Waals surface area contributed by atoms with Gasteiger partial charge in [-0.2, -0.15) is 0 Å². The maximum absolute atomic E-state index is 12.3. The Kier molecular flexibility index (Phi) is 4.03. The van der Waals surface area contributed by atoms with Gasteiger partial charge in [-0.3, -0.25) is 0 Å². The van der Waals surface area contributed by atoms with Crippen LogP contribution in [0.4, 0.5) is 5.69 Å². The van der Waals surface area contributed by atoms with E-state index in [2.05, 4.69) is 5.48 Å². The first kappa shape index (κ1) is 14.1. The van der Waals surface area contributed by atoms with Gasteiger partial charge >= 0.3 is 5.97 Å². The van der Waals surface area contributed by atoms with Crippen LogP contribution in [0, 0.1) is 0 Å². The molecule has 0 aromatic heterocycles. The summed E-state index contributed by atoms with van der Waals surface area (Å²) in [6, 6.07) is 20.7. The second-order valence-electron chi connectivity index (χ2n) is 4.88. The smallest absolute Gasteiger partial charge is 0.338 e. The van der Waals surface area contributed by atoms with Crippen molar-refractivity contribution in [2.45, 2.75) is 6.54 Å². The minimum absolute atomic E-state index is 0.370. The van der Waals surface area contributed by atoms with Gasteiger partial charge < -0.3 is 10.6 Å². The number of nitrogens with one attached hydrogen (secondary N) is 1. The third-order valence-corrected chi connectivity index (χ3v) is 3.50. The van der Waals surface area contributed by atoms with Crippen LogP contribution in [0.3, 0.4) is 0 Å². The van der Waals surface area contributed by atoms with E-state index in [1.165, 1.54) is 0 Å². The summed E-state index contributed by atoms with van der Waals surface area (Å²) in [6.45, 7) is 0.370. The lowest BCUT2D eigenvalue weighted by Gasteiger charge is -2.11. The van der Waals surface area contributed by atoms with Crippen molar-refractivity contribution in [1.82, 2.24) is 0 Å². The van der Waals surface area contributed by atoms with Crippen LogP contribution in [-0.4, -0.2) is 5.97 Å². The predicted octanol–water partition coefficient (Wildman–Crippen LogP) is 3.48. The fourth-order valence-electron chi connectivity index (χ4n) is 2.36. The minimum atomic E-state index is -0.427. The number of para-hydroxylation sites is 1. The Bertz CT molecular complexity index is 810. The number of rotatable bonds is 4. The van der Waals surface area contributed by atoms with Gasteiger partial charge in [-0.15, -0.1) is 0 Å². The predicted molar refractivity (Wildman–Crippen MR) is 87.3 cm³/mol. The van der Waals surface area contributed by atoms with E-state index in [1.54, 1.807) is 6.07 Å². The molecule has 0 aliphatic rings. The number of carbonyl (C=O) groups excluding carboxylic acids is 1. The van der Waals surface area contributed by atoms with Gasteiger partial charge in [0.2, 0.25) is 0 Å². The highest BCUT2D eigenvalue weighted by atomic mass is 16.7. The molecule has 0 bridgehead atoms. The SMILES string of the molecule is NCc1ccccc1NOC(=O)c1cccc2ccccc12. The summed E-state index contributed by atoms with van der Waals surface area (Å²) in [5.41, 5.74) is 10.5. The van der Waals surface area contributed by atoms with Crippen molar-refractivity contribution in [3.63, 3.8) is 0 Å². The Labute approximate surface area is 128 Å². The molecule has 0 fully saturated rings. The summed E-state index contributed by atoms with van der Waals surface area (Å²) in [6.07, 6.45) is 0. The molecule has 0 unspecified atom stereocenters. The van der Waals surface area contributed by atoms with Crippen molar-refractivity contribution in [1.29, 1.82) is 0 Å². The molecule has 3 N–H and O–H groups in total. The molecular formula is C18H16N2O2. The molecule has 22 heavy (non-hydrogen) atoms. The fourth-order valence-corrected chi connectivity index (χ4v) is 2.36. The molecule has 0 saturated heterocycles. The van der Waals surface area contributed by atoms with E-state index in [-0.39, 0.29) is 0 Å². The number of benzene rings is 3. The van der Waals surface area contributed by atoms with Crippen molar-refractivity contribution in [2.75, 3.05) is 5.48 Å². The first-order chi connectivity index (χ1) is 10.8. The third kappa shape index (κ3) is 2.77. The standard InChI is InChI=1S/C18H16N2O2/c19-12-14-7-2-4-11-17(14)20-22-18(21)16-10-5-8-13-6-1-3-9-15(13)16/h1-11,20H,12,19H2. The summed E-state index contributed by atoms with van der Waals surface area (Å²) < 4.78 is 0. The summed E-state index contributed by atoms with van der Waals surface area (Å²) >= 11 is 0. The topological polar surface area (TPSA) is 64.3 Å². The molecule has 0 aliphatic carbocycles. The molecule has 3 aromatic rings. The average Bonchev–Trinajstić information content (AvgIpc) is 2.59. The summed E-state index contributed by atoms with van der Waals surface area (Å²) in [7, 11) is 0. The largest absolute Gasteiger partial charge is 0.363 e. The van der Waals surface area contributed by atoms with E-state index in [9.17, 15) is 4.79 Å². The summed E-state index contributed by atoms with van der Waals surface area (Å²) in [5.74, 6) is -0.427. The van der Waals surface area contributed by atoms with E-state index in [0.29, 0.717) is 17.8 Å². The number of nitrogens with two attached hydrogens (primary N) is 1. The zero-order valence-corrected chi connectivity index (χ0v) is 12.0. The van der Waals surface area contributed by atoms with E-state index in [0.717, 1.165) is 16.3 Å². The van der Waals surface area contributed by atoms with Crippen LogP contribution in [0.25, 0.3) is 10.8 Å².